The van der Waals surface area contributed by atoms with Crippen LogP contribution in [0.4, 0.5) is 4.79 Å². The molecule has 0 aliphatic carbocycles. The lowest BCUT2D eigenvalue weighted by Gasteiger charge is -2.28. The van der Waals surface area contributed by atoms with Crippen LogP contribution in [-0.2, 0) is 48.3 Å². The minimum atomic E-state index is -1.35. The molecule has 244 valence electrons. The number of hydrogen-bond acceptors (Lipinski definition) is 7. The number of hydrogen-bond donors (Lipinski definition) is 4. The molecule has 0 bridgehead atoms. The van der Waals surface area contributed by atoms with Crippen LogP contribution >= 0.6 is 0 Å². The molecule has 1 aliphatic heterocycles. The number of amides is 6. The van der Waals surface area contributed by atoms with Crippen molar-refractivity contribution in [1.29, 1.82) is 0 Å². The number of carbonyl (C=O) groups excluding carboxylic acids is 6. The van der Waals surface area contributed by atoms with Gasteiger partial charge in [-0.15, -0.1) is 0 Å². The van der Waals surface area contributed by atoms with Gasteiger partial charge in [0.1, 0.15) is 25.2 Å². The molecule has 2 atom stereocenters. The lowest BCUT2D eigenvalue weighted by Crippen LogP contribution is -2.54. The number of ether oxygens (including phenoxy) is 1. The number of carbonyl (C=O) groups is 6. The number of nitrogens with zero attached hydrogens (tertiary/aromatic N) is 2. The molecule has 6 amide bonds. The van der Waals surface area contributed by atoms with Gasteiger partial charge < -0.3 is 26.0 Å². The van der Waals surface area contributed by atoms with Gasteiger partial charge in [0.05, 0.1) is 0 Å². The maximum atomic E-state index is 13.5. The molecule has 13 heteroatoms. The lowest BCUT2D eigenvalue weighted by atomic mass is 10.00. The fourth-order valence-electron chi connectivity index (χ4n) is 4.77. The van der Waals surface area contributed by atoms with Gasteiger partial charge in [0.15, 0.2) is 0 Å². The second-order valence-corrected chi connectivity index (χ2v) is 10.8. The zero-order valence-corrected chi connectivity index (χ0v) is 25.8. The molecule has 0 spiro atoms. The predicted molar refractivity (Wildman–Crippen MR) is 170 cm³/mol. The summed E-state index contributed by atoms with van der Waals surface area (Å²) in [6.45, 7) is 1.54. The molecule has 1 heterocycles. The molecule has 47 heavy (non-hydrogen) atoms. The standard InChI is InChI=1S/C34H36N6O7/c1-23(36-34(46)47-22-24-10-4-2-5-11-24)32(44)37-31(26-13-6-3-7-14-26)33(45)38-40(21-28(35)41)30(43)17-16-29(42)39-19-18-25-12-8-9-15-27(25)20-39/h2-17,23,31H,18-22H2,1H3,(H2,35,41)(H,36,46)(H,37,44)(H,38,45)/b17-16+/t23-,31+/m1/s1. The van der Waals surface area contributed by atoms with E-state index in [2.05, 4.69) is 16.1 Å². The van der Waals surface area contributed by atoms with Crippen molar-refractivity contribution in [1.82, 2.24) is 26.0 Å². The van der Waals surface area contributed by atoms with E-state index in [1.807, 2.05) is 30.3 Å². The molecule has 4 rings (SSSR count). The molecule has 1 aliphatic rings. The molecule has 0 fully saturated rings. The van der Waals surface area contributed by atoms with E-state index in [9.17, 15) is 28.8 Å². The average Bonchev–Trinajstić information content (AvgIpc) is 3.08. The Kier molecular flexibility index (Phi) is 11.8. The molecule has 0 saturated heterocycles. The van der Waals surface area contributed by atoms with E-state index in [0.717, 1.165) is 28.8 Å². The molecule has 3 aromatic carbocycles. The molecule has 3 aromatic rings. The fraction of sp³-hybridized carbons (Fsp3) is 0.235. The smallest absolute Gasteiger partial charge is 0.408 e. The first kappa shape index (κ1) is 33.9. The van der Waals surface area contributed by atoms with Gasteiger partial charge in [0.2, 0.25) is 17.7 Å². The van der Waals surface area contributed by atoms with Crippen molar-refractivity contribution in [3.63, 3.8) is 0 Å². The van der Waals surface area contributed by atoms with Crippen molar-refractivity contribution in [3.8, 4) is 0 Å². The summed E-state index contributed by atoms with van der Waals surface area (Å²) in [4.78, 5) is 78.2. The number of nitrogens with two attached hydrogens (primary N) is 1. The highest BCUT2D eigenvalue weighted by atomic mass is 16.5. The van der Waals surface area contributed by atoms with Crippen LogP contribution in [0.25, 0.3) is 0 Å². The summed E-state index contributed by atoms with van der Waals surface area (Å²) in [6, 6.07) is 22.4. The van der Waals surface area contributed by atoms with Gasteiger partial charge in [-0.1, -0.05) is 84.9 Å². The van der Waals surface area contributed by atoms with Crippen LogP contribution in [0.15, 0.2) is 97.1 Å². The van der Waals surface area contributed by atoms with Crippen molar-refractivity contribution < 1.29 is 33.5 Å². The summed E-state index contributed by atoms with van der Waals surface area (Å²) < 4.78 is 5.17. The Morgan fingerprint density at radius 2 is 1.49 bits per heavy atom. The van der Waals surface area contributed by atoms with Gasteiger partial charge in [-0.05, 0) is 35.6 Å². The molecule has 0 aromatic heterocycles. The highest BCUT2D eigenvalue weighted by Crippen LogP contribution is 2.19. The van der Waals surface area contributed by atoms with Gasteiger partial charge in [0.25, 0.3) is 11.8 Å². The molecular formula is C34H36N6O7. The second kappa shape index (κ2) is 16.4. The summed E-state index contributed by atoms with van der Waals surface area (Å²) in [5.74, 6) is -3.86. The number of benzene rings is 3. The van der Waals surface area contributed by atoms with E-state index >= 15 is 0 Å². The maximum absolute atomic E-state index is 13.5. The Morgan fingerprint density at radius 1 is 0.851 bits per heavy atom. The monoisotopic (exact) mass is 640 g/mol. The van der Waals surface area contributed by atoms with E-state index in [1.165, 1.54) is 6.92 Å². The fourth-order valence-corrected chi connectivity index (χ4v) is 4.77. The van der Waals surface area contributed by atoms with Crippen LogP contribution in [0.1, 0.15) is 35.2 Å². The third kappa shape index (κ3) is 10.0. The van der Waals surface area contributed by atoms with Crippen LogP contribution in [0.2, 0.25) is 0 Å². The average molecular weight is 641 g/mol. The quantitative estimate of drug-likeness (QED) is 0.182. The van der Waals surface area contributed by atoms with Crippen LogP contribution in [0.3, 0.4) is 0 Å². The summed E-state index contributed by atoms with van der Waals surface area (Å²) in [7, 11) is 0. The molecule has 0 saturated carbocycles. The van der Waals surface area contributed by atoms with Crippen molar-refractivity contribution in [2.45, 2.75) is 38.6 Å². The van der Waals surface area contributed by atoms with Gasteiger partial charge in [-0.3, -0.25) is 29.4 Å². The topological polar surface area (TPSA) is 180 Å². The van der Waals surface area contributed by atoms with Crippen LogP contribution in [0.5, 0.6) is 0 Å². The first-order valence-corrected chi connectivity index (χ1v) is 14.9. The van der Waals surface area contributed by atoms with Crippen LogP contribution < -0.4 is 21.8 Å². The van der Waals surface area contributed by atoms with Gasteiger partial charge >= 0.3 is 6.09 Å². The Hall–Kier alpha value is -5.98. The first-order valence-electron chi connectivity index (χ1n) is 14.9. The van der Waals surface area contributed by atoms with Crippen LogP contribution in [-0.4, -0.2) is 64.7 Å². The number of primary amides is 1. The summed E-state index contributed by atoms with van der Waals surface area (Å²) in [6.07, 6.45) is 1.83. The summed E-state index contributed by atoms with van der Waals surface area (Å²) in [5, 5.41) is 5.63. The molecule has 0 radical (unpaired) electrons. The Balaban J connectivity index is 1.40. The number of nitrogens with one attached hydrogen (secondary N) is 3. The minimum absolute atomic E-state index is 0.00812. The zero-order chi connectivity index (χ0) is 33.8. The first-order chi connectivity index (χ1) is 22.6. The number of rotatable bonds is 11. The van der Waals surface area contributed by atoms with Gasteiger partial charge in [-0.2, -0.15) is 0 Å². The van der Waals surface area contributed by atoms with Crippen molar-refractivity contribution in [3.05, 3.63) is 119 Å². The molecule has 0 unspecified atom stereocenters. The second-order valence-electron chi connectivity index (χ2n) is 10.8. The normalized spacial score (nSPS) is 13.4. The van der Waals surface area contributed by atoms with E-state index in [1.54, 1.807) is 59.5 Å². The van der Waals surface area contributed by atoms with Gasteiger partial charge in [0, 0.05) is 25.2 Å². The lowest BCUT2D eigenvalue weighted by molar-refractivity contribution is -0.142. The maximum Gasteiger partial charge on any atom is 0.408 e. The number of alkyl carbamates (subject to hydrolysis) is 1. The zero-order valence-electron chi connectivity index (χ0n) is 25.8. The van der Waals surface area contributed by atoms with E-state index in [-0.39, 0.29) is 6.61 Å². The Bertz CT molecular complexity index is 1630. The third-order valence-corrected chi connectivity index (χ3v) is 7.26. The van der Waals surface area contributed by atoms with E-state index in [0.29, 0.717) is 30.1 Å². The third-order valence-electron chi connectivity index (χ3n) is 7.26. The highest BCUT2D eigenvalue weighted by Gasteiger charge is 2.29. The van der Waals surface area contributed by atoms with Gasteiger partial charge in [-0.25, -0.2) is 9.80 Å². The molecular weight excluding hydrogens is 604 g/mol. The van der Waals surface area contributed by atoms with Crippen molar-refractivity contribution >= 4 is 35.6 Å². The largest absolute Gasteiger partial charge is 0.445 e. The van der Waals surface area contributed by atoms with E-state index < -0.39 is 54.3 Å². The Labute approximate surface area is 271 Å². The van der Waals surface area contributed by atoms with E-state index in [4.69, 9.17) is 10.5 Å². The minimum Gasteiger partial charge on any atom is -0.445 e. The SMILES string of the molecule is C[C@@H](NC(=O)OCc1ccccc1)C(=O)N[C@H](C(=O)NN(CC(N)=O)C(=O)/C=C/C(=O)N1CCc2ccccc2C1)c1ccccc1. The Morgan fingerprint density at radius 3 is 2.17 bits per heavy atom. The molecule has 13 nitrogen and oxygen atoms in total. The highest BCUT2D eigenvalue weighted by molar-refractivity contribution is 5.99. The predicted octanol–water partition coefficient (Wildman–Crippen LogP) is 1.65. The number of hydrazine groups is 1. The summed E-state index contributed by atoms with van der Waals surface area (Å²) in [5.41, 5.74) is 10.9. The van der Waals surface area contributed by atoms with Crippen molar-refractivity contribution in [2.75, 3.05) is 13.1 Å². The number of fused-ring (bicyclic) bond motifs is 1. The van der Waals surface area contributed by atoms with Crippen molar-refractivity contribution in [2.24, 2.45) is 5.73 Å². The van der Waals surface area contributed by atoms with Crippen LogP contribution in [0, 0.1) is 0 Å². The molecule has 5 N–H and O–H groups in total. The summed E-state index contributed by atoms with van der Waals surface area (Å²) >= 11 is 0.